The molecule has 1 unspecified atom stereocenters. The lowest BCUT2D eigenvalue weighted by Gasteiger charge is -2.10. The zero-order valence-electron chi connectivity index (χ0n) is 14.6. The largest absolute Gasteiger partial charge is 0.383 e. The van der Waals surface area contributed by atoms with Crippen LogP contribution in [0.1, 0.15) is 12.5 Å². The average Bonchev–Trinajstić information content (AvgIpc) is 2.64. The number of rotatable bonds is 8. The molecule has 0 radical (unpaired) electrons. The quantitative estimate of drug-likeness (QED) is 0.550. The number of hydrogen-bond donors (Lipinski definition) is 2. The van der Waals surface area contributed by atoms with Crippen molar-refractivity contribution >= 4 is 23.7 Å². The number of carbonyl (C=O) groups excluding carboxylic acids is 2. The molecule has 0 saturated heterocycles. The minimum Gasteiger partial charge on any atom is -0.383 e. The second kappa shape index (κ2) is 10.0. The molecule has 142 valence electrons. The molecule has 1 atom stereocenters. The molecule has 0 bridgehead atoms. The Bertz CT molecular complexity index is 813. The molecule has 0 aliphatic rings. The normalized spacial score (nSPS) is 11.8. The highest BCUT2D eigenvalue weighted by molar-refractivity contribution is 6.31. The van der Waals surface area contributed by atoms with Crippen molar-refractivity contribution in [2.24, 2.45) is 5.16 Å². The third kappa shape index (κ3) is 6.85. The molecule has 2 aromatic rings. The van der Waals surface area contributed by atoms with Crippen LogP contribution in [0.15, 0.2) is 53.7 Å². The minimum absolute atomic E-state index is 0.195. The molecule has 2 rings (SSSR count). The second-order valence-corrected chi connectivity index (χ2v) is 5.62. The number of nitrogens with one attached hydrogen (secondary N) is 2. The lowest BCUT2D eigenvalue weighted by atomic mass is 10.1. The second-order valence-electron chi connectivity index (χ2n) is 5.62. The van der Waals surface area contributed by atoms with Gasteiger partial charge in [-0.25, -0.2) is 8.78 Å². The summed E-state index contributed by atoms with van der Waals surface area (Å²) in [6, 6.07) is 12.4. The summed E-state index contributed by atoms with van der Waals surface area (Å²) in [6.45, 7) is 1.91. The van der Waals surface area contributed by atoms with Gasteiger partial charge >= 0.3 is 0 Å². The van der Waals surface area contributed by atoms with Gasteiger partial charge in [0.1, 0.15) is 17.8 Å². The van der Waals surface area contributed by atoms with Gasteiger partial charge in [-0.05, 0) is 31.0 Å². The Morgan fingerprint density at radius 1 is 1.19 bits per heavy atom. The monoisotopic (exact) mass is 375 g/mol. The summed E-state index contributed by atoms with van der Waals surface area (Å²) in [6.07, 6.45) is 0.525. The number of anilines is 1. The van der Waals surface area contributed by atoms with Crippen LogP contribution >= 0.6 is 0 Å². The average molecular weight is 375 g/mol. The highest BCUT2D eigenvalue weighted by Crippen LogP contribution is 2.14. The van der Waals surface area contributed by atoms with Gasteiger partial charge in [0.2, 0.25) is 6.10 Å². The van der Waals surface area contributed by atoms with E-state index in [0.29, 0.717) is 19.0 Å². The summed E-state index contributed by atoms with van der Waals surface area (Å²) < 4.78 is 26.2. The fourth-order valence-electron chi connectivity index (χ4n) is 2.09. The summed E-state index contributed by atoms with van der Waals surface area (Å²) in [5.74, 6) is -2.83. The van der Waals surface area contributed by atoms with Crippen LogP contribution < -0.4 is 10.6 Å². The number of carbonyl (C=O) groups is 2. The summed E-state index contributed by atoms with van der Waals surface area (Å²) in [4.78, 5) is 28.4. The Labute approximate surface area is 155 Å². The smallest absolute Gasteiger partial charge is 0.270 e. The lowest BCUT2D eigenvalue weighted by molar-refractivity contribution is -0.131. The third-order valence-electron chi connectivity index (χ3n) is 3.50. The molecule has 0 spiro atoms. The third-order valence-corrected chi connectivity index (χ3v) is 3.50. The highest BCUT2D eigenvalue weighted by atomic mass is 19.1. The van der Waals surface area contributed by atoms with Crippen LogP contribution in [0.4, 0.5) is 14.5 Å². The first-order valence-electron chi connectivity index (χ1n) is 8.22. The molecule has 0 aliphatic heterocycles. The van der Waals surface area contributed by atoms with Gasteiger partial charge < -0.3 is 15.5 Å². The molecule has 0 saturated carbocycles. The Balaban J connectivity index is 1.72. The van der Waals surface area contributed by atoms with Crippen molar-refractivity contribution in [3.05, 3.63) is 65.7 Å². The van der Waals surface area contributed by atoms with Crippen LogP contribution in [0.3, 0.4) is 0 Å². The van der Waals surface area contributed by atoms with Crippen LogP contribution in [-0.2, 0) is 20.8 Å². The van der Waals surface area contributed by atoms with Crippen LogP contribution in [0.2, 0.25) is 0 Å². The molecule has 0 aromatic heterocycles. The maximum Gasteiger partial charge on any atom is 0.270 e. The molecular formula is C19H19F2N3O3. The van der Waals surface area contributed by atoms with E-state index in [2.05, 4.69) is 15.8 Å². The summed E-state index contributed by atoms with van der Waals surface area (Å²) in [5.41, 5.74) is 0.897. The molecule has 2 amide bonds. The maximum absolute atomic E-state index is 13.4. The van der Waals surface area contributed by atoms with Crippen LogP contribution in [-0.4, -0.2) is 30.7 Å². The van der Waals surface area contributed by atoms with Crippen molar-refractivity contribution in [3.63, 3.8) is 0 Å². The van der Waals surface area contributed by atoms with Crippen LogP contribution in [0, 0.1) is 11.6 Å². The number of amides is 2. The van der Waals surface area contributed by atoms with E-state index >= 15 is 0 Å². The summed E-state index contributed by atoms with van der Waals surface area (Å²) in [7, 11) is 0. The first-order valence-corrected chi connectivity index (χ1v) is 8.22. The minimum atomic E-state index is -0.913. The van der Waals surface area contributed by atoms with Crippen molar-refractivity contribution in [3.8, 4) is 0 Å². The van der Waals surface area contributed by atoms with Gasteiger partial charge in [0, 0.05) is 12.6 Å². The highest BCUT2D eigenvalue weighted by Gasteiger charge is 2.13. The fraction of sp³-hybridized carbons (Fsp3) is 0.211. The van der Waals surface area contributed by atoms with E-state index in [1.165, 1.54) is 6.92 Å². The Morgan fingerprint density at radius 2 is 1.93 bits per heavy atom. The molecule has 27 heavy (non-hydrogen) atoms. The van der Waals surface area contributed by atoms with Crippen LogP contribution in [0.5, 0.6) is 0 Å². The van der Waals surface area contributed by atoms with Gasteiger partial charge in [0.25, 0.3) is 11.8 Å². The van der Waals surface area contributed by atoms with Gasteiger partial charge in [-0.2, -0.15) is 0 Å². The van der Waals surface area contributed by atoms with E-state index in [1.807, 2.05) is 30.3 Å². The number of hydrogen-bond acceptors (Lipinski definition) is 4. The first kappa shape index (κ1) is 20.0. The number of nitrogens with zero attached hydrogens (tertiary/aromatic N) is 1. The number of halogens is 2. The molecular weight excluding hydrogens is 356 g/mol. The van der Waals surface area contributed by atoms with E-state index < -0.39 is 23.6 Å². The van der Waals surface area contributed by atoms with Crippen LogP contribution in [0.25, 0.3) is 0 Å². The summed E-state index contributed by atoms with van der Waals surface area (Å²) >= 11 is 0. The predicted molar refractivity (Wildman–Crippen MR) is 97.2 cm³/mol. The van der Waals surface area contributed by atoms with Gasteiger partial charge in [0.05, 0.1) is 5.69 Å². The molecule has 8 heteroatoms. The summed E-state index contributed by atoms with van der Waals surface area (Å²) in [5, 5.41) is 8.29. The molecule has 6 nitrogen and oxygen atoms in total. The standard InChI is InChI=1S/C19H19F2N3O3/c1-13(19(26)22-10-9-14-5-3-2-4-6-14)27-23-12-18(25)24-17-8-7-15(20)11-16(17)21/h2-8,11-13H,9-10H2,1H3,(H,22,26)(H,24,25). The molecule has 2 aromatic carbocycles. The van der Waals surface area contributed by atoms with Crippen molar-refractivity contribution in [2.45, 2.75) is 19.4 Å². The van der Waals surface area contributed by atoms with E-state index in [-0.39, 0.29) is 11.6 Å². The van der Waals surface area contributed by atoms with E-state index in [4.69, 9.17) is 4.84 Å². The van der Waals surface area contributed by atoms with Crippen molar-refractivity contribution in [1.82, 2.24) is 5.32 Å². The van der Waals surface area contributed by atoms with Gasteiger partial charge in [-0.1, -0.05) is 35.5 Å². The van der Waals surface area contributed by atoms with Gasteiger partial charge in [0.15, 0.2) is 0 Å². The predicted octanol–water partition coefficient (Wildman–Crippen LogP) is 2.65. The Hall–Kier alpha value is -3.29. The Morgan fingerprint density at radius 3 is 2.63 bits per heavy atom. The fourth-order valence-corrected chi connectivity index (χ4v) is 2.09. The van der Waals surface area contributed by atoms with Gasteiger partial charge in [-0.15, -0.1) is 0 Å². The van der Waals surface area contributed by atoms with E-state index in [9.17, 15) is 18.4 Å². The van der Waals surface area contributed by atoms with Crippen molar-refractivity contribution in [2.75, 3.05) is 11.9 Å². The van der Waals surface area contributed by atoms with Crippen molar-refractivity contribution in [1.29, 1.82) is 0 Å². The zero-order valence-corrected chi connectivity index (χ0v) is 14.6. The SMILES string of the molecule is CC(ON=CC(=O)Nc1ccc(F)cc1F)C(=O)NCCc1ccccc1. The lowest BCUT2D eigenvalue weighted by Crippen LogP contribution is -2.35. The Kier molecular flexibility index (Phi) is 7.42. The number of benzene rings is 2. The first-order chi connectivity index (χ1) is 13.0. The van der Waals surface area contributed by atoms with E-state index in [1.54, 1.807) is 0 Å². The maximum atomic E-state index is 13.4. The molecule has 2 N–H and O–H groups in total. The van der Waals surface area contributed by atoms with Gasteiger partial charge in [-0.3, -0.25) is 9.59 Å². The number of oxime groups is 1. The molecule has 0 heterocycles. The zero-order chi connectivity index (χ0) is 19.6. The van der Waals surface area contributed by atoms with Crippen molar-refractivity contribution < 1.29 is 23.2 Å². The molecule has 0 aliphatic carbocycles. The van der Waals surface area contributed by atoms with E-state index in [0.717, 1.165) is 23.9 Å². The molecule has 0 fully saturated rings. The topological polar surface area (TPSA) is 79.8 Å².